The predicted molar refractivity (Wildman–Crippen MR) is 134 cm³/mol. The zero-order valence-corrected chi connectivity index (χ0v) is 18.7. The van der Waals surface area contributed by atoms with E-state index >= 15 is 0 Å². The molecule has 0 bridgehead atoms. The third-order valence-corrected chi connectivity index (χ3v) is 5.88. The van der Waals surface area contributed by atoms with Gasteiger partial charge in [-0.2, -0.15) is 0 Å². The Labute approximate surface area is 195 Å². The summed E-state index contributed by atoms with van der Waals surface area (Å²) in [7, 11) is 0. The van der Waals surface area contributed by atoms with Crippen LogP contribution in [0, 0.1) is 13.7 Å². The molecular formula is C24H15IN4O3. The van der Waals surface area contributed by atoms with Crippen LogP contribution < -0.4 is 5.56 Å². The molecule has 0 aliphatic heterocycles. The number of benzene rings is 3. The predicted octanol–water partition coefficient (Wildman–Crippen LogP) is 5.55. The highest BCUT2D eigenvalue weighted by Crippen LogP contribution is 2.22. The van der Waals surface area contributed by atoms with E-state index in [4.69, 9.17) is 4.98 Å². The molecule has 5 rings (SSSR count). The first-order valence-corrected chi connectivity index (χ1v) is 10.8. The summed E-state index contributed by atoms with van der Waals surface area (Å²) >= 11 is 2.15. The van der Waals surface area contributed by atoms with Crippen molar-refractivity contribution < 1.29 is 4.92 Å². The highest BCUT2D eigenvalue weighted by atomic mass is 127. The largest absolute Gasteiger partial charge is 0.361 e. The average Bonchev–Trinajstić information content (AvgIpc) is 3.21. The van der Waals surface area contributed by atoms with Gasteiger partial charge in [0.2, 0.25) is 0 Å². The van der Waals surface area contributed by atoms with Crippen molar-refractivity contribution >= 4 is 62.2 Å². The monoisotopic (exact) mass is 534 g/mol. The van der Waals surface area contributed by atoms with Crippen LogP contribution in [0.1, 0.15) is 11.4 Å². The lowest BCUT2D eigenvalue weighted by Crippen LogP contribution is -2.22. The number of rotatable bonds is 4. The van der Waals surface area contributed by atoms with Crippen LogP contribution in [0.3, 0.4) is 0 Å². The van der Waals surface area contributed by atoms with Gasteiger partial charge in [0.05, 0.1) is 21.5 Å². The van der Waals surface area contributed by atoms with Gasteiger partial charge in [-0.3, -0.25) is 19.5 Å². The summed E-state index contributed by atoms with van der Waals surface area (Å²) in [5.41, 5.74) is 2.80. The van der Waals surface area contributed by atoms with Gasteiger partial charge >= 0.3 is 0 Å². The number of halogens is 1. The Morgan fingerprint density at radius 1 is 1.00 bits per heavy atom. The zero-order valence-electron chi connectivity index (χ0n) is 16.5. The van der Waals surface area contributed by atoms with E-state index in [2.05, 4.69) is 27.6 Å². The number of nitro benzene ring substituents is 1. The fourth-order valence-electron chi connectivity index (χ4n) is 3.66. The lowest BCUT2D eigenvalue weighted by atomic mass is 10.1. The maximum Gasteiger partial charge on any atom is 0.269 e. The van der Waals surface area contributed by atoms with Crippen molar-refractivity contribution in [2.45, 2.75) is 0 Å². The average molecular weight is 534 g/mol. The quantitative estimate of drug-likeness (QED) is 0.186. The van der Waals surface area contributed by atoms with Crippen LogP contribution in [-0.2, 0) is 0 Å². The first-order valence-electron chi connectivity index (χ1n) is 9.72. The second kappa shape index (κ2) is 8.04. The van der Waals surface area contributed by atoms with Crippen molar-refractivity contribution in [3.8, 4) is 5.69 Å². The molecule has 0 radical (unpaired) electrons. The number of non-ortho nitro benzene ring substituents is 1. The van der Waals surface area contributed by atoms with Crippen LogP contribution in [0.2, 0.25) is 0 Å². The smallest absolute Gasteiger partial charge is 0.269 e. The molecule has 32 heavy (non-hydrogen) atoms. The molecule has 0 aliphatic rings. The van der Waals surface area contributed by atoms with E-state index in [9.17, 15) is 14.9 Å². The van der Waals surface area contributed by atoms with E-state index in [0.29, 0.717) is 22.4 Å². The molecule has 0 amide bonds. The Morgan fingerprint density at radius 2 is 1.78 bits per heavy atom. The number of para-hydroxylation sites is 1. The van der Waals surface area contributed by atoms with Gasteiger partial charge in [-0.1, -0.05) is 18.2 Å². The van der Waals surface area contributed by atoms with E-state index in [0.717, 1.165) is 20.0 Å². The zero-order chi connectivity index (χ0) is 22.2. The van der Waals surface area contributed by atoms with Gasteiger partial charge < -0.3 is 4.98 Å². The van der Waals surface area contributed by atoms with Gasteiger partial charge in [0.15, 0.2) is 0 Å². The van der Waals surface area contributed by atoms with Gasteiger partial charge in [-0.25, -0.2) is 4.98 Å². The number of nitrogens with one attached hydrogen (secondary N) is 1. The Bertz CT molecular complexity index is 1580. The van der Waals surface area contributed by atoms with Gasteiger partial charge in [0.1, 0.15) is 5.82 Å². The molecule has 0 spiro atoms. The van der Waals surface area contributed by atoms with Crippen molar-refractivity contribution in [1.29, 1.82) is 0 Å². The minimum Gasteiger partial charge on any atom is -0.361 e. The molecule has 0 aliphatic carbocycles. The summed E-state index contributed by atoms with van der Waals surface area (Å²) in [5, 5.41) is 12.6. The minimum absolute atomic E-state index is 0.0408. The summed E-state index contributed by atoms with van der Waals surface area (Å²) in [5.74, 6) is 0.433. The highest BCUT2D eigenvalue weighted by Gasteiger charge is 2.13. The van der Waals surface area contributed by atoms with E-state index in [-0.39, 0.29) is 11.2 Å². The molecule has 2 aromatic heterocycles. The normalized spacial score (nSPS) is 11.5. The lowest BCUT2D eigenvalue weighted by Gasteiger charge is -2.11. The number of aromatic amines is 1. The molecular weight excluding hydrogens is 519 g/mol. The summed E-state index contributed by atoms with van der Waals surface area (Å²) in [4.78, 5) is 32.0. The molecule has 1 N–H and O–H groups in total. The summed E-state index contributed by atoms with van der Waals surface area (Å²) in [6, 6.07) is 19.3. The van der Waals surface area contributed by atoms with Gasteiger partial charge in [0.25, 0.3) is 11.2 Å². The topological polar surface area (TPSA) is 93.8 Å². The SMILES string of the molecule is O=c1c2cc(I)ccc2nc(/C=C/c2c[nH]c3ccccc23)n1-c1ccc([N+](=O)[O-])cc1. The van der Waals surface area contributed by atoms with Crippen molar-refractivity contribution in [1.82, 2.24) is 14.5 Å². The minimum atomic E-state index is -0.467. The van der Waals surface area contributed by atoms with Crippen LogP contribution in [0.25, 0.3) is 39.6 Å². The van der Waals surface area contributed by atoms with Gasteiger partial charge in [0, 0.05) is 32.8 Å². The molecule has 156 valence electrons. The molecule has 2 heterocycles. The number of nitrogens with zero attached hydrogens (tertiary/aromatic N) is 3. The molecule has 0 saturated carbocycles. The van der Waals surface area contributed by atoms with E-state index in [1.165, 1.54) is 16.7 Å². The lowest BCUT2D eigenvalue weighted by molar-refractivity contribution is -0.384. The summed E-state index contributed by atoms with van der Waals surface area (Å²) in [6.07, 6.45) is 5.59. The van der Waals surface area contributed by atoms with Crippen LogP contribution in [0.15, 0.2) is 77.7 Å². The van der Waals surface area contributed by atoms with Crippen molar-refractivity contribution in [3.63, 3.8) is 0 Å². The Morgan fingerprint density at radius 3 is 2.56 bits per heavy atom. The molecule has 0 atom stereocenters. The van der Waals surface area contributed by atoms with Gasteiger partial charge in [-0.15, -0.1) is 0 Å². The third-order valence-electron chi connectivity index (χ3n) is 5.21. The van der Waals surface area contributed by atoms with Crippen LogP contribution in [0.5, 0.6) is 0 Å². The molecule has 3 aromatic carbocycles. The summed E-state index contributed by atoms with van der Waals surface area (Å²) in [6.45, 7) is 0. The molecule has 0 saturated heterocycles. The molecule has 5 aromatic rings. The molecule has 8 heteroatoms. The first-order chi connectivity index (χ1) is 15.5. The fourth-order valence-corrected chi connectivity index (χ4v) is 4.15. The number of aromatic nitrogens is 3. The number of hydrogen-bond acceptors (Lipinski definition) is 4. The van der Waals surface area contributed by atoms with Crippen LogP contribution in [0.4, 0.5) is 5.69 Å². The number of nitro groups is 1. The van der Waals surface area contributed by atoms with Crippen molar-refractivity contribution in [3.05, 3.63) is 108 Å². The van der Waals surface area contributed by atoms with Crippen LogP contribution in [-0.4, -0.2) is 19.5 Å². The van der Waals surface area contributed by atoms with Crippen LogP contribution >= 0.6 is 22.6 Å². The number of hydrogen-bond donors (Lipinski definition) is 1. The second-order valence-corrected chi connectivity index (χ2v) is 8.41. The second-order valence-electron chi connectivity index (χ2n) is 7.17. The Balaban J connectivity index is 1.71. The number of H-pyrrole nitrogens is 1. The van der Waals surface area contributed by atoms with Crippen molar-refractivity contribution in [2.75, 3.05) is 0 Å². The highest BCUT2D eigenvalue weighted by molar-refractivity contribution is 14.1. The van der Waals surface area contributed by atoms with E-state index in [1.807, 2.05) is 48.7 Å². The maximum absolute atomic E-state index is 13.4. The van der Waals surface area contributed by atoms with E-state index < -0.39 is 4.92 Å². The third kappa shape index (κ3) is 3.58. The first kappa shape index (κ1) is 20.1. The fraction of sp³-hybridized carbons (Fsp3) is 0. The van der Waals surface area contributed by atoms with Gasteiger partial charge in [-0.05, 0) is 76.7 Å². The standard InChI is InChI=1S/C24H15IN4O3/c25-16-6-11-22-20(13-16)24(30)28(17-7-9-18(10-8-17)29(31)32)23(27-22)12-5-15-14-26-21-4-2-1-3-19(15)21/h1-14,26H/b12-5+. The summed E-state index contributed by atoms with van der Waals surface area (Å²) < 4.78 is 2.40. The number of fused-ring (bicyclic) bond motifs is 2. The Hall–Kier alpha value is -3.79. The van der Waals surface area contributed by atoms with E-state index in [1.54, 1.807) is 24.3 Å². The maximum atomic E-state index is 13.4. The van der Waals surface area contributed by atoms with Crippen molar-refractivity contribution in [2.24, 2.45) is 0 Å². The molecule has 7 nitrogen and oxygen atoms in total. The molecule has 0 unspecified atom stereocenters. The molecule has 0 fully saturated rings. The Kier molecular flexibility index (Phi) is 5.06.